The van der Waals surface area contributed by atoms with Gasteiger partial charge in [-0.2, -0.15) is 0 Å². The van der Waals surface area contributed by atoms with E-state index in [1.165, 1.54) is 0 Å². The highest BCUT2D eigenvalue weighted by molar-refractivity contribution is 7.84. The minimum Gasteiger partial charge on any atom is -0.398 e. The summed E-state index contributed by atoms with van der Waals surface area (Å²) in [4.78, 5) is 4.39. The summed E-state index contributed by atoms with van der Waals surface area (Å²) in [6.07, 6.45) is 2.69. The smallest absolute Gasteiger partial charge is 0.0763 e. The summed E-state index contributed by atoms with van der Waals surface area (Å²) in [7, 11) is -0.945. The molecule has 4 nitrogen and oxygen atoms in total. The molecule has 1 aliphatic heterocycles. The number of aromatic nitrogens is 1. The lowest BCUT2D eigenvalue weighted by Gasteiger charge is -2.14. The molecule has 0 amide bonds. The maximum Gasteiger partial charge on any atom is 0.0763 e. The Labute approximate surface area is 120 Å². The summed E-state index contributed by atoms with van der Waals surface area (Å²) < 4.78 is 18.0. The van der Waals surface area contributed by atoms with Crippen molar-refractivity contribution in [1.82, 2.24) is 4.98 Å². The summed E-state index contributed by atoms with van der Waals surface area (Å²) in [5.74, 6) is 0.506. The van der Waals surface area contributed by atoms with E-state index in [2.05, 4.69) is 4.98 Å². The van der Waals surface area contributed by atoms with Crippen LogP contribution in [0, 0.1) is 0 Å². The van der Waals surface area contributed by atoms with Crippen molar-refractivity contribution in [2.45, 2.75) is 30.5 Å². The van der Waals surface area contributed by atoms with E-state index in [4.69, 9.17) is 10.5 Å². The molecule has 0 radical (unpaired) electrons. The van der Waals surface area contributed by atoms with Gasteiger partial charge in [0.15, 0.2) is 0 Å². The maximum atomic E-state index is 12.5. The Kier molecular flexibility index (Phi) is 3.72. The van der Waals surface area contributed by atoms with Gasteiger partial charge in [0.1, 0.15) is 0 Å². The summed E-state index contributed by atoms with van der Waals surface area (Å²) in [5.41, 5.74) is 8.52. The van der Waals surface area contributed by atoms with Gasteiger partial charge in [0, 0.05) is 34.7 Å². The van der Waals surface area contributed by atoms with Gasteiger partial charge < -0.3 is 10.5 Å². The molecule has 0 aliphatic carbocycles. The van der Waals surface area contributed by atoms with E-state index in [9.17, 15) is 4.21 Å². The monoisotopic (exact) mass is 290 g/mol. The van der Waals surface area contributed by atoms with Crippen LogP contribution in [-0.4, -0.2) is 27.2 Å². The molecule has 1 aromatic carbocycles. The molecule has 0 saturated carbocycles. The highest BCUT2D eigenvalue weighted by atomic mass is 32.2. The fourth-order valence-corrected chi connectivity index (χ4v) is 4.31. The van der Waals surface area contributed by atoms with Crippen molar-refractivity contribution in [2.24, 2.45) is 0 Å². The molecule has 3 unspecified atom stereocenters. The van der Waals surface area contributed by atoms with Gasteiger partial charge in [-0.05, 0) is 37.1 Å². The summed E-state index contributed by atoms with van der Waals surface area (Å²) >= 11 is 0. The zero-order valence-electron chi connectivity index (χ0n) is 11.4. The second kappa shape index (κ2) is 5.50. The first-order chi connectivity index (χ1) is 9.66. The fourth-order valence-electron chi connectivity index (χ4n) is 2.69. The summed E-state index contributed by atoms with van der Waals surface area (Å²) in [5, 5.41) is 1.05. The van der Waals surface area contributed by atoms with Crippen LogP contribution in [0.5, 0.6) is 0 Å². The standard InChI is InChI=1S/C15H18N2O2S/c1-10-14(6-8-19-10)20(18)9-11-4-5-13(16)12-3-2-7-17-15(11)12/h2-5,7,10,14H,6,8-9,16H2,1H3. The molecule has 0 spiro atoms. The van der Waals surface area contributed by atoms with Crippen molar-refractivity contribution < 1.29 is 8.95 Å². The first-order valence-electron chi connectivity index (χ1n) is 6.77. The molecule has 3 atom stereocenters. The number of hydrogen-bond donors (Lipinski definition) is 1. The molecular weight excluding hydrogens is 272 g/mol. The Hall–Kier alpha value is -1.46. The van der Waals surface area contributed by atoms with Crippen LogP contribution in [-0.2, 0) is 21.3 Å². The van der Waals surface area contributed by atoms with Crippen LogP contribution in [0.3, 0.4) is 0 Å². The second-order valence-corrected chi connectivity index (χ2v) is 6.80. The van der Waals surface area contributed by atoms with Crippen LogP contribution in [0.2, 0.25) is 0 Å². The van der Waals surface area contributed by atoms with Gasteiger partial charge in [-0.3, -0.25) is 9.19 Å². The molecule has 1 aliphatic rings. The quantitative estimate of drug-likeness (QED) is 0.881. The zero-order chi connectivity index (χ0) is 14.1. The van der Waals surface area contributed by atoms with E-state index in [0.29, 0.717) is 18.0 Å². The Bertz CT molecular complexity index is 659. The zero-order valence-corrected chi connectivity index (χ0v) is 12.2. The average Bonchev–Trinajstić information content (AvgIpc) is 2.88. The third-order valence-corrected chi connectivity index (χ3v) is 5.72. The van der Waals surface area contributed by atoms with Crippen molar-refractivity contribution in [3.05, 3.63) is 36.0 Å². The predicted octanol–water partition coefficient (Wildman–Crippen LogP) is 2.24. The number of fused-ring (bicyclic) bond motifs is 1. The number of hydrogen-bond acceptors (Lipinski definition) is 4. The van der Waals surface area contributed by atoms with Gasteiger partial charge in [-0.25, -0.2) is 0 Å². The number of rotatable bonds is 3. The second-order valence-electron chi connectivity index (χ2n) is 5.14. The third kappa shape index (κ3) is 2.43. The molecule has 1 aromatic heterocycles. The van der Waals surface area contributed by atoms with Crippen LogP contribution >= 0.6 is 0 Å². The van der Waals surface area contributed by atoms with Crippen LogP contribution in [0.25, 0.3) is 10.9 Å². The number of nitrogens with zero attached hydrogens (tertiary/aromatic N) is 1. The number of pyridine rings is 1. The first-order valence-corrected chi connectivity index (χ1v) is 8.16. The van der Waals surface area contributed by atoms with Gasteiger partial charge in [-0.15, -0.1) is 0 Å². The van der Waals surface area contributed by atoms with E-state index >= 15 is 0 Å². The number of nitrogen functional groups attached to an aromatic ring is 1. The minimum absolute atomic E-state index is 0.0730. The van der Waals surface area contributed by atoms with E-state index in [0.717, 1.165) is 22.9 Å². The van der Waals surface area contributed by atoms with Crippen molar-refractivity contribution in [3.8, 4) is 0 Å². The highest BCUT2D eigenvalue weighted by Gasteiger charge is 2.29. The Morgan fingerprint density at radius 2 is 2.30 bits per heavy atom. The van der Waals surface area contributed by atoms with Gasteiger partial charge in [0.2, 0.25) is 0 Å². The highest BCUT2D eigenvalue weighted by Crippen LogP contribution is 2.26. The Morgan fingerprint density at radius 1 is 1.45 bits per heavy atom. The van der Waals surface area contributed by atoms with Crippen LogP contribution in [0.1, 0.15) is 18.9 Å². The first kappa shape index (κ1) is 13.5. The maximum absolute atomic E-state index is 12.5. The molecule has 2 heterocycles. The van der Waals surface area contributed by atoms with Crippen LogP contribution in [0.4, 0.5) is 5.69 Å². The molecular formula is C15H18N2O2S. The number of ether oxygens (including phenoxy) is 1. The lowest BCUT2D eigenvalue weighted by molar-refractivity contribution is 0.127. The van der Waals surface area contributed by atoms with Crippen LogP contribution in [0.15, 0.2) is 30.5 Å². The summed E-state index contributed by atoms with van der Waals surface area (Å²) in [6, 6.07) is 7.62. The molecule has 106 valence electrons. The van der Waals surface area contributed by atoms with Gasteiger partial charge in [0.25, 0.3) is 0 Å². The molecule has 0 bridgehead atoms. The van der Waals surface area contributed by atoms with E-state index < -0.39 is 10.8 Å². The molecule has 2 aromatic rings. The molecule has 1 saturated heterocycles. The number of nitrogens with two attached hydrogens (primary N) is 1. The lowest BCUT2D eigenvalue weighted by atomic mass is 10.1. The SMILES string of the molecule is CC1OCCC1S(=O)Cc1ccc(N)c2cccnc12. The van der Waals surface area contributed by atoms with Gasteiger partial charge in [0.05, 0.1) is 22.6 Å². The Morgan fingerprint density at radius 3 is 3.05 bits per heavy atom. The van der Waals surface area contributed by atoms with Gasteiger partial charge >= 0.3 is 0 Å². The number of anilines is 1. The van der Waals surface area contributed by atoms with E-state index in [1.807, 2.05) is 31.2 Å². The van der Waals surface area contributed by atoms with E-state index in [-0.39, 0.29) is 11.4 Å². The molecule has 20 heavy (non-hydrogen) atoms. The van der Waals surface area contributed by atoms with Crippen molar-refractivity contribution in [1.29, 1.82) is 0 Å². The normalized spacial score (nSPS) is 24.1. The lowest BCUT2D eigenvalue weighted by Crippen LogP contribution is -2.24. The predicted molar refractivity (Wildman–Crippen MR) is 81.8 cm³/mol. The molecule has 1 fully saturated rings. The van der Waals surface area contributed by atoms with Gasteiger partial charge in [-0.1, -0.05) is 6.07 Å². The average molecular weight is 290 g/mol. The summed E-state index contributed by atoms with van der Waals surface area (Å²) in [6.45, 7) is 2.70. The topological polar surface area (TPSA) is 65.2 Å². The third-order valence-electron chi connectivity index (χ3n) is 3.83. The Balaban J connectivity index is 1.91. The number of benzene rings is 1. The van der Waals surface area contributed by atoms with Crippen molar-refractivity contribution in [3.63, 3.8) is 0 Å². The molecule has 2 N–H and O–H groups in total. The van der Waals surface area contributed by atoms with E-state index in [1.54, 1.807) is 6.20 Å². The largest absolute Gasteiger partial charge is 0.398 e. The molecule has 5 heteroatoms. The molecule has 3 rings (SSSR count). The van der Waals surface area contributed by atoms with Crippen molar-refractivity contribution >= 4 is 27.4 Å². The van der Waals surface area contributed by atoms with Crippen LogP contribution < -0.4 is 5.73 Å². The fraction of sp³-hybridized carbons (Fsp3) is 0.400. The van der Waals surface area contributed by atoms with Crippen molar-refractivity contribution in [2.75, 3.05) is 12.3 Å². The minimum atomic E-state index is -0.945.